The third-order valence-electron chi connectivity index (χ3n) is 2.54. The smallest absolute Gasteiger partial charge is 0.293 e. The third-order valence-corrected chi connectivity index (χ3v) is 10.7. The largest absolute Gasteiger partial charge is 0.305 e. The number of ketones is 1. The van der Waals surface area contributed by atoms with E-state index in [1.807, 2.05) is 6.92 Å². The van der Waals surface area contributed by atoms with Crippen molar-refractivity contribution in [1.82, 2.24) is 0 Å². The lowest BCUT2D eigenvalue weighted by Gasteiger charge is -2.27. The summed E-state index contributed by atoms with van der Waals surface area (Å²) in [5, 5.41) is 0. The minimum Gasteiger partial charge on any atom is -0.293 e. The van der Waals surface area contributed by atoms with Gasteiger partial charge in [0, 0.05) is 16.4 Å². The zero-order valence-corrected chi connectivity index (χ0v) is 13.6. The van der Waals surface area contributed by atoms with E-state index in [0.717, 1.165) is 6.42 Å². The van der Waals surface area contributed by atoms with Gasteiger partial charge in [-0.05, 0) is 6.42 Å². The predicted molar refractivity (Wildman–Crippen MR) is 75.3 cm³/mol. The molecule has 1 atom stereocenters. The molecule has 0 radical (unpaired) electrons. The molecule has 0 saturated carbocycles. The molecule has 0 aromatic rings. The molecule has 0 N–H and O–H groups in total. The number of carbonyl (C=O) groups excluding carboxylic acids is 1. The van der Waals surface area contributed by atoms with E-state index in [-0.39, 0.29) is 16.4 Å². The summed E-state index contributed by atoms with van der Waals surface area (Å²) in [5.74, 6) is -4.00. The second-order valence-electron chi connectivity index (χ2n) is 5.27. The van der Waals surface area contributed by atoms with Crippen molar-refractivity contribution in [2.45, 2.75) is 61.7 Å². The first-order valence-corrected chi connectivity index (χ1v) is 10.5. The number of halogens is 3. The van der Waals surface area contributed by atoms with Crippen molar-refractivity contribution in [3.05, 3.63) is 0 Å². The highest BCUT2D eigenvalue weighted by Gasteiger charge is 2.42. The quantitative estimate of drug-likeness (QED) is 0.372. The zero-order chi connectivity index (χ0) is 13.0. The molecule has 0 aliphatic rings. The maximum Gasteiger partial charge on any atom is 0.305 e. The number of alkyl halides is 3. The Labute approximate surface area is 112 Å². The Kier molecular flexibility index (Phi) is 6.61. The number of Topliss-reactive ketones (excluding diaryl/α,β-unsaturated/α-hetero) is 1. The van der Waals surface area contributed by atoms with Gasteiger partial charge in [-0.2, -0.15) is 8.78 Å². The Morgan fingerprint density at radius 2 is 1.88 bits per heavy atom. The van der Waals surface area contributed by atoms with Gasteiger partial charge in [-0.1, -0.05) is 55.6 Å². The molecule has 96 valence electrons. The Bertz CT molecular complexity index is 239. The number of carbonyl (C=O) groups is 1. The second kappa shape index (κ2) is 6.42. The maximum absolute atomic E-state index is 13.6. The molecule has 1 unspecified atom stereocenters. The summed E-state index contributed by atoms with van der Waals surface area (Å²) in [4.78, 5) is 11.3. The van der Waals surface area contributed by atoms with Crippen molar-refractivity contribution in [2.75, 3.05) is 0 Å². The molecular weight excluding hydrogens is 341 g/mol. The highest BCUT2D eigenvalue weighted by atomic mass is 127. The van der Waals surface area contributed by atoms with Crippen LogP contribution in [0.15, 0.2) is 0 Å². The van der Waals surface area contributed by atoms with Crippen LogP contribution in [0.1, 0.15) is 32.6 Å². The minimum atomic E-state index is -3.12. The highest BCUT2D eigenvalue weighted by Crippen LogP contribution is 2.31. The van der Waals surface area contributed by atoms with Gasteiger partial charge in [-0.15, -0.1) is 0 Å². The van der Waals surface area contributed by atoms with Crippen molar-refractivity contribution >= 4 is 36.4 Å². The first kappa shape index (κ1) is 16.5. The topological polar surface area (TPSA) is 17.1 Å². The fraction of sp³-hybridized carbons (Fsp3) is 0.909. The number of unbranched alkanes of at least 4 members (excludes halogenated alkanes) is 1. The first-order valence-electron chi connectivity index (χ1n) is 5.66. The van der Waals surface area contributed by atoms with Crippen LogP contribution in [0, 0.1) is 0 Å². The normalized spacial score (nSPS) is 14.9. The van der Waals surface area contributed by atoms with Crippen LogP contribution in [0.4, 0.5) is 8.78 Å². The molecule has 0 aromatic heterocycles. The molecule has 0 spiro atoms. The summed E-state index contributed by atoms with van der Waals surface area (Å²) in [6, 6.07) is 0. The van der Waals surface area contributed by atoms with Crippen molar-refractivity contribution in [3.63, 3.8) is 0 Å². The van der Waals surface area contributed by atoms with Gasteiger partial charge in [0.2, 0.25) is 5.78 Å². The molecule has 0 amide bonds. The lowest BCUT2D eigenvalue weighted by molar-refractivity contribution is -0.143. The van der Waals surface area contributed by atoms with E-state index in [4.69, 9.17) is 0 Å². The fourth-order valence-electron chi connectivity index (χ4n) is 1.17. The lowest BCUT2D eigenvalue weighted by Crippen LogP contribution is -2.41. The third kappa shape index (κ3) is 5.70. The van der Waals surface area contributed by atoms with Crippen molar-refractivity contribution in [1.29, 1.82) is 0 Å². The van der Waals surface area contributed by atoms with Crippen molar-refractivity contribution in [3.8, 4) is 0 Å². The van der Waals surface area contributed by atoms with Gasteiger partial charge >= 0.3 is 5.92 Å². The monoisotopic (exact) mass is 362 g/mol. The van der Waals surface area contributed by atoms with Gasteiger partial charge in [0.1, 0.15) is 0 Å². The van der Waals surface area contributed by atoms with Gasteiger partial charge in [0.25, 0.3) is 0 Å². The average molecular weight is 362 g/mol. The van der Waals surface area contributed by atoms with Gasteiger partial charge in [-0.25, -0.2) is 0 Å². The van der Waals surface area contributed by atoms with Crippen LogP contribution in [0.2, 0.25) is 19.6 Å². The van der Waals surface area contributed by atoms with Gasteiger partial charge in [0.05, 0.1) is 8.07 Å². The number of rotatable bonds is 7. The summed E-state index contributed by atoms with van der Waals surface area (Å²) in [7, 11) is -1.59. The van der Waals surface area contributed by atoms with E-state index in [9.17, 15) is 13.6 Å². The van der Waals surface area contributed by atoms with E-state index in [0.29, 0.717) is 6.42 Å². The molecule has 1 nitrogen and oxygen atoms in total. The van der Waals surface area contributed by atoms with Crippen LogP contribution in [-0.2, 0) is 4.79 Å². The molecule has 5 heteroatoms. The summed E-state index contributed by atoms with van der Waals surface area (Å²) < 4.78 is 27.1. The van der Waals surface area contributed by atoms with Crippen LogP contribution in [0.5, 0.6) is 0 Å². The summed E-state index contributed by atoms with van der Waals surface area (Å²) >= 11 is 2.07. The van der Waals surface area contributed by atoms with Crippen LogP contribution in [0.3, 0.4) is 0 Å². The van der Waals surface area contributed by atoms with Crippen molar-refractivity contribution in [2.24, 2.45) is 0 Å². The summed E-state index contributed by atoms with van der Waals surface area (Å²) in [5.41, 5.74) is 0. The summed E-state index contributed by atoms with van der Waals surface area (Å²) in [6.45, 7) is 8.05. The molecule has 0 heterocycles. The molecule has 0 fully saturated rings. The molecule has 0 aliphatic heterocycles. The first-order chi connectivity index (χ1) is 7.11. The predicted octanol–water partition coefficient (Wildman–Crippen LogP) is 4.45. The lowest BCUT2D eigenvalue weighted by atomic mass is 10.1. The van der Waals surface area contributed by atoms with E-state index in [2.05, 4.69) is 42.2 Å². The number of hydrogen-bond acceptors (Lipinski definition) is 1. The Hall–Kier alpha value is 0.477. The van der Waals surface area contributed by atoms with E-state index < -0.39 is 19.8 Å². The minimum absolute atomic E-state index is 0.0125. The van der Waals surface area contributed by atoms with E-state index in [1.54, 1.807) is 0 Å². The molecule has 0 aliphatic carbocycles. The molecule has 0 bridgehead atoms. The summed E-state index contributed by atoms with van der Waals surface area (Å²) in [6.07, 6.45) is 1.07. The van der Waals surface area contributed by atoms with Crippen LogP contribution < -0.4 is 0 Å². The molecule has 0 aromatic carbocycles. The molecular formula is C11H21F2IOSi. The number of hydrogen-bond donors (Lipinski definition) is 0. The Morgan fingerprint density at radius 3 is 2.25 bits per heavy atom. The highest BCUT2D eigenvalue weighted by molar-refractivity contribution is 14.1. The molecule has 0 saturated heterocycles. The Morgan fingerprint density at radius 1 is 1.38 bits per heavy atom. The molecule has 16 heavy (non-hydrogen) atoms. The van der Waals surface area contributed by atoms with Crippen LogP contribution in [0.25, 0.3) is 0 Å². The van der Waals surface area contributed by atoms with Gasteiger partial charge < -0.3 is 0 Å². The van der Waals surface area contributed by atoms with E-state index >= 15 is 0 Å². The zero-order valence-electron chi connectivity index (χ0n) is 10.4. The fourth-order valence-corrected chi connectivity index (χ4v) is 2.59. The van der Waals surface area contributed by atoms with E-state index in [1.165, 1.54) is 0 Å². The average Bonchev–Trinajstić information content (AvgIpc) is 2.11. The SMILES string of the molecule is CCCCC(=O)C(F)(F)CC(I)[Si](C)(C)C. The Balaban J connectivity index is 4.38. The van der Waals surface area contributed by atoms with Crippen LogP contribution >= 0.6 is 22.6 Å². The van der Waals surface area contributed by atoms with Gasteiger partial charge in [0.15, 0.2) is 0 Å². The van der Waals surface area contributed by atoms with Gasteiger partial charge in [-0.3, -0.25) is 4.79 Å². The van der Waals surface area contributed by atoms with Crippen LogP contribution in [-0.4, -0.2) is 23.3 Å². The standard InChI is InChI=1S/C11H21F2IOSi/c1-5-6-7-9(15)11(12,13)8-10(14)16(2,3)4/h10H,5-8H2,1-4H3. The molecule has 0 rings (SSSR count). The maximum atomic E-state index is 13.6. The second-order valence-corrected chi connectivity index (χ2v) is 13.4. The van der Waals surface area contributed by atoms with Crippen molar-refractivity contribution < 1.29 is 13.6 Å².